The summed E-state index contributed by atoms with van der Waals surface area (Å²) in [4.78, 5) is 28.0. The Morgan fingerprint density at radius 3 is 1.26 bits per heavy atom. The maximum absolute atomic E-state index is 12.2. The van der Waals surface area contributed by atoms with E-state index in [1.165, 1.54) is 0 Å². The molecule has 0 aromatic carbocycles. The average molecular weight is 610 g/mol. The molecule has 0 fully saturated rings. The van der Waals surface area contributed by atoms with Crippen LogP contribution in [0.3, 0.4) is 0 Å². The Balaban J connectivity index is 4.54. The van der Waals surface area contributed by atoms with Crippen molar-refractivity contribution < 1.29 is 9.59 Å². The second-order valence-corrected chi connectivity index (χ2v) is 43.7. The van der Waals surface area contributed by atoms with Gasteiger partial charge in [-0.05, 0) is 0 Å². The summed E-state index contributed by atoms with van der Waals surface area (Å²) in [6, 6.07) is 0. The Morgan fingerprint density at radius 1 is 0.789 bits per heavy atom. The van der Waals surface area contributed by atoms with Gasteiger partial charge in [-0.1, -0.05) is 0 Å². The second kappa shape index (κ2) is 10.0. The van der Waals surface area contributed by atoms with Gasteiger partial charge in [0.1, 0.15) is 0 Å². The molecule has 0 aliphatic carbocycles. The first kappa shape index (κ1) is 20.2. The average Bonchev–Trinajstić information content (AvgIpc) is 2.30. The fourth-order valence-corrected chi connectivity index (χ4v) is 12.3. The van der Waals surface area contributed by atoms with Crippen LogP contribution in [0.15, 0.2) is 0 Å². The number of carbonyl (C=O) groups excluding carboxylic acids is 2. The van der Waals surface area contributed by atoms with Crippen molar-refractivity contribution >= 4 is 59.5 Å². The summed E-state index contributed by atoms with van der Waals surface area (Å²) in [5.41, 5.74) is 0. The van der Waals surface area contributed by atoms with Gasteiger partial charge in [0, 0.05) is 0 Å². The molecule has 0 radical (unpaired) electrons. The van der Waals surface area contributed by atoms with Gasteiger partial charge in [0.05, 0.1) is 0 Å². The van der Waals surface area contributed by atoms with Gasteiger partial charge >= 0.3 is 142 Å². The molecule has 7 heteroatoms. The Kier molecular flexibility index (Phi) is 10.6. The minimum absolute atomic E-state index is 0.211. The van der Waals surface area contributed by atoms with Gasteiger partial charge in [0.25, 0.3) is 0 Å². The summed E-state index contributed by atoms with van der Waals surface area (Å²) >= 11 is 4.84. The molecule has 0 bridgehead atoms. The van der Waals surface area contributed by atoms with E-state index in [-0.39, 0.29) is 11.8 Å². The van der Waals surface area contributed by atoms with Gasteiger partial charge < -0.3 is 0 Å². The SMILES string of the molecule is CCN(CC)C(=O)C[Te](I)(I)CC(=O)N(CC)CC. The zero-order valence-electron chi connectivity index (χ0n) is 12.1. The van der Waals surface area contributed by atoms with Gasteiger partial charge in [0.2, 0.25) is 0 Å². The molecule has 0 spiro atoms. The van der Waals surface area contributed by atoms with E-state index >= 15 is 0 Å². The van der Waals surface area contributed by atoms with E-state index in [0.29, 0.717) is 8.94 Å². The zero-order valence-corrected chi connectivity index (χ0v) is 18.8. The molecule has 0 saturated heterocycles. The van der Waals surface area contributed by atoms with Gasteiger partial charge in [-0.25, -0.2) is 0 Å². The van der Waals surface area contributed by atoms with E-state index < -0.39 is 10.3 Å². The molecule has 0 aliphatic rings. The number of hydrogen-bond donors (Lipinski definition) is 0. The Morgan fingerprint density at radius 2 is 1.05 bits per heavy atom. The first-order valence-corrected chi connectivity index (χ1v) is 23.4. The van der Waals surface area contributed by atoms with E-state index in [9.17, 15) is 9.59 Å². The summed E-state index contributed by atoms with van der Waals surface area (Å²) < 4.78 is 1.19. The van der Waals surface area contributed by atoms with Gasteiger partial charge in [-0.2, -0.15) is 0 Å². The van der Waals surface area contributed by atoms with E-state index in [1.54, 1.807) is 0 Å². The van der Waals surface area contributed by atoms with Crippen molar-refractivity contribution in [1.29, 1.82) is 0 Å². The molecule has 19 heavy (non-hydrogen) atoms. The molecule has 0 aliphatic heterocycles. The molecule has 4 nitrogen and oxygen atoms in total. The zero-order chi connectivity index (χ0) is 15.1. The molecule has 0 atom stereocenters. The fraction of sp³-hybridized carbons (Fsp3) is 0.833. The first-order chi connectivity index (χ1) is 8.81. The number of nitrogens with zero attached hydrogens (tertiary/aromatic N) is 2. The Hall–Kier alpha value is 1.19. The van der Waals surface area contributed by atoms with E-state index in [4.69, 9.17) is 0 Å². The molecular weight excluding hydrogens is 586 g/mol. The van der Waals surface area contributed by atoms with Crippen molar-refractivity contribution in [3.8, 4) is 0 Å². The molecular formula is C12H24I2N2O2Te. The van der Waals surface area contributed by atoms with Crippen molar-refractivity contribution in [3.05, 3.63) is 0 Å². The number of carbonyl (C=O) groups is 2. The molecule has 0 unspecified atom stereocenters. The normalized spacial score (nSPS) is 12.1. The van der Waals surface area contributed by atoms with Crippen LogP contribution in [-0.4, -0.2) is 58.1 Å². The van der Waals surface area contributed by atoms with Crippen LogP contribution < -0.4 is 0 Å². The van der Waals surface area contributed by atoms with E-state index in [1.807, 2.05) is 37.5 Å². The number of hydrogen-bond acceptors (Lipinski definition) is 2. The van der Waals surface area contributed by atoms with E-state index in [2.05, 4.69) is 37.4 Å². The third-order valence-corrected chi connectivity index (χ3v) is 15.1. The predicted molar refractivity (Wildman–Crippen MR) is 99.3 cm³/mol. The molecule has 114 valence electrons. The minimum atomic E-state index is -2.42. The van der Waals surface area contributed by atoms with Crippen molar-refractivity contribution in [2.75, 3.05) is 26.2 Å². The van der Waals surface area contributed by atoms with Crippen LogP contribution in [0.5, 0.6) is 0 Å². The van der Waals surface area contributed by atoms with Gasteiger partial charge in [-0.3, -0.25) is 0 Å². The standard InChI is InChI=1S/C12H24I2N2O2Te/c1-5-15(6-2)11(17)9-19(13,14)10-12(18)16(7-3)8-4/h5-10H2,1-4H3. The monoisotopic (exact) mass is 612 g/mol. The van der Waals surface area contributed by atoms with Crippen molar-refractivity contribution in [2.24, 2.45) is 0 Å². The summed E-state index contributed by atoms with van der Waals surface area (Å²) in [7, 11) is -2.42. The Labute approximate surface area is 140 Å². The molecule has 0 rings (SSSR count). The summed E-state index contributed by atoms with van der Waals surface area (Å²) in [6.45, 7) is 11.0. The van der Waals surface area contributed by atoms with Crippen LogP contribution in [-0.2, 0) is 9.59 Å². The van der Waals surface area contributed by atoms with Crippen LogP contribution in [0.2, 0.25) is 8.94 Å². The molecule has 0 N–H and O–H groups in total. The third-order valence-electron chi connectivity index (χ3n) is 2.90. The van der Waals surface area contributed by atoms with Crippen molar-refractivity contribution in [2.45, 2.75) is 36.6 Å². The fourth-order valence-electron chi connectivity index (χ4n) is 1.75. The number of halogens is 2. The van der Waals surface area contributed by atoms with Crippen LogP contribution in [0.1, 0.15) is 27.7 Å². The Bertz CT molecular complexity index is 278. The first-order valence-electron chi connectivity index (χ1n) is 6.54. The summed E-state index contributed by atoms with van der Waals surface area (Å²) in [5, 5.41) is 0. The van der Waals surface area contributed by atoms with Crippen LogP contribution in [0, 0.1) is 0 Å². The summed E-state index contributed by atoms with van der Waals surface area (Å²) in [5.74, 6) is 0.421. The summed E-state index contributed by atoms with van der Waals surface area (Å²) in [6.07, 6.45) is 0. The van der Waals surface area contributed by atoms with Crippen molar-refractivity contribution in [3.63, 3.8) is 0 Å². The molecule has 2 amide bonds. The third kappa shape index (κ3) is 7.67. The van der Waals surface area contributed by atoms with Crippen molar-refractivity contribution in [1.82, 2.24) is 9.80 Å². The second-order valence-electron chi connectivity index (χ2n) is 4.12. The van der Waals surface area contributed by atoms with Crippen LogP contribution >= 0.6 is 37.4 Å². The predicted octanol–water partition coefficient (Wildman–Crippen LogP) is 3.04. The van der Waals surface area contributed by atoms with Gasteiger partial charge in [-0.15, -0.1) is 0 Å². The molecule has 0 aromatic rings. The number of amides is 2. The van der Waals surface area contributed by atoms with Crippen LogP contribution in [0.4, 0.5) is 0 Å². The maximum atomic E-state index is 12.2. The quantitative estimate of drug-likeness (QED) is 0.314. The van der Waals surface area contributed by atoms with Gasteiger partial charge in [0.15, 0.2) is 0 Å². The number of rotatable bonds is 8. The molecule has 0 heterocycles. The topological polar surface area (TPSA) is 40.6 Å². The molecule has 0 saturated carbocycles. The van der Waals surface area contributed by atoms with Crippen LogP contribution in [0.25, 0.3) is 0 Å². The molecule has 0 aromatic heterocycles. The van der Waals surface area contributed by atoms with E-state index in [0.717, 1.165) is 26.2 Å².